The first-order valence-corrected chi connectivity index (χ1v) is 13.1. The van der Waals surface area contributed by atoms with Crippen LogP contribution in [-0.2, 0) is 0 Å². The molecule has 0 aromatic heterocycles. The molecule has 9 heteroatoms. The first-order valence-electron chi connectivity index (χ1n) is 12.7. The summed E-state index contributed by atoms with van der Waals surface area (Å²) < 4.78 is 12.0. The van der Waals surface area contributed by atoms with Crippen LogP contribution in [0.2, 0.25) is 5.02 Å². The van der Waals surface area contributed by atoms with Crippen LogP contribution in [0.4, 0.5) is 16.2 Å². The van der Waals surface area contributed by atoms with Crippen molar-refractivity contribution in [3.8, 4) is 11.5 Å². The fourth-order valence-electron chi connectivity index (χ4n) is 5.69. The van der Waals surface area contributed by atoms with Gasteiger partial charge in [-0.1, -0.05) is 29.8 Å². The summed E-state index contributed by atoms with van der Waals surface area (Å²) in [5, 5.41) is 3.81. The number of urea groups is 1. The van der Waals surface area contributed by atoms with Crippen molar-refractivity contribution in [1.29, 1.82) is 0 Å². The topological polar surface area (TPSA) is 74.3 Å². The highest BCUT2D eigenvalue weighted by Gasteiger charge is 2.50. The summed E-state index contributed by atoms with van der Waals surface area (Å²) in [5.74, 6) is 1.19. The molecule has 2 fully saturated rings. The van der Waals surface area contributed by atoms with Crippen LogP contribution < -0.4 is 24.6 Å². The van der Waals surface area contributed by atoms with Gasteiger partial charge < -0.3 is 24.6 Å². The largest absolute Gasteiger partial charge is 0.493 e. The maximum absolute atomic E-state index is 13.5. The van der Waals surface area contributed by atoms with E-state index in [2.05, 4.69) is 10.2 Å². The number of hydrogen-bond acceptors (Lipinski definition) is 5. The van der Waals surface area contributed by atoms with Crippen LogP contribution >= 0.6 is 11.6 Å². The van der Waals surface area contributed by atoms with E-state index in [9.17, 15) is 9.59 Å². The summed E-state index contributed by atoms with van der Waals surface area (Å²) in [4.78, 5) is 32.5. The van der Waals surface area contributed by atoms with E-state index < -0.39 is 5.72 Å². The van der Waals surface area contributed by atoms with Crippen LogP contribution in [0.1, 0.15) is 35.3 Å². The predicted octanol–water partition coefficient (Wildman–Crippen LogP) is 5.08. The molecule has 3 aliphatic heterocycles. The minimum absolute atomic E-state index is 0.0559. The minimum atomic E-state index is -0.944. The molecule has 0 radical (unpaired) electrons. The van der Waals surface area contributed by atoms with E-state index >= 15 is 0 Å². The summed E-state index contributed by atoms with van der Waals surface area (Å²) in [6.07, 6.45) is 0.559. The Labute approximate surface area is 226 Å². The quantitative estimate of drug-likeness (QED) is 0.507. The van der Waals surface area contributed by atoms with Gasteiger partial charge in [0, 0.05) is 54.4 Å². The second-order valence-electron chi connectivity index (χ2n) is 10.0. The van der Waals surface area contributed by atoms with Crippen molar-refractivity contribution in [3.63, 3.8) is 0 Å². The maximum atomic E-state index is 13.5. The number of carbonyl (C=O) groups excluding carboxylic acids is 2. The lowest BCUT2D eigenvalue weighted by atomic mass is 9.89. The van der Waals surface area contributed by atoms with Crippen LogP contribution in [0.15, 0.2) is 66.7 Å². The summed E-state index contributed by atoms with van der Waals surface area (Å²) in [6.45, 7) is 4.58. The zero-order valence-electron chi connectivity index (χ0n) is 21.3. The van der Waals surface area contributed by atoms with Gasteiger partial charge in [-0.25, -0.2) is 4.79 Å². The number of para-hydroxylation sites is 1. The number of halogens is 1. The van der Waals surface area contributed by atoms with Crippen molar-refractivity contribution < 1.29 is 19.1 Å². The molecule has 0 spiro atoms. The standard InChI is InChI=1S/C29H29ClN4O4/c1-29-18-24(23-7-4-8-25(37-2)26(23)38-29)31-28(36)34(29)22-6-3-5-19(17-22)27(35)33-15-13-32(14-16-33)21-11-9-20(30)10-12-21/h3-12,17,24H,13-16,18H2,1-2H3,(H,31,36)/t24-,29+/m1/s1. The molecular weight excluding hydrogens is 504 g/mol. The average molecular weight is 533 g/mol. The molecule has 2 atom stereocenters. The molecule has 3 amide bonds. The van der Waals surface area contributed by atoms with Gasteiger partial charge in [0.1, 0.15) is 0 Å². The van der Waals surface area contributed by atoms with E-state index in [0.717, 1.165) is 24.3 Å². The SMILES string of the molecule is COc1cccc2c1O[C@@]1(C)C[C@H]2NC(=O)N1c1cccc(C(=O)N2CCN(c3ccc(Cl)cc3)CC2)c1. The number of rotatable bonds is 4. The molecule has 2 bridgehead atoms. The van der Waals surface area contributed by atoms with Crippen molar-refractivity contribution in [1.82, 2.24) is 10.2 Å². The van der Waals surface area contributed by atoms with Crippen molar-refractivity contribution in [2.75, 3.05) is 43.1 Å². The average Bonchev–Trinajstić information content (AvgIpc) is 2.92. The number of fused-ring (bicyclic) bond motifs is 4. The van der Waals surface area contributed by atoms with Crippen LogP contribution in [0, 0.1) is 0 Å². The summed E-state index contributed by atoms with van der Waals surface area (Å²) >= 11 is 6.02. The Balaban J connectivity index is 1.22. The first-order chi connectivity index (χ1) is 18.4. The third-order valence-corrected chi connectivity index (χ3v) is 7.85. The number of amides is 3. The maximum Gasteiger partial charge on any atom is 0.325 e. The van der Waals surface area contributed by atoms with Gasteiger partial charge in [-0.2, -0.15) is 0 Å². The molecule has 196 valence electrons. The monoisotopic (exact) mass is 532 g/mol. The molecule has 0 saturated carbocycles. The van der Waals surface area contributed by atoms with Gasteiger partial charge in [-0.15, -0.1) is 0 Å². The Kier molecular flexibility index (Phi) is 6.07. The number of hydrogen-bond donors (Lipinski definition) is 1. The molecule has 38 heavy (non-hydrogen) atoms. The third-order valence-electron chi connectivity index (χ3n) is 7.59. The zero-order chi connectivity index (χ0) is 26.4. The van der Waals surface area contributed by atoms with Crippen molar-refractivity contribution >= 4 is 34.9 Å². The number of benzene rings is 3. The smallest absolute Gasteiger partial charge is 0.325 e. The van der Waals surface area contributed by atoms with Gasteiger partial charge in [0.25, 0.3) is 5.91 Å². The minimum Gasteiger partial charge on any atom is -0.493 e. The van der Waals surface area contributed by atoms with Gasteiger partial charge in [0.15, 0.2) is 17.2 Å². The highest BCUT2D eigenvalue weighted by Crippen LogP contribution is 2.49. The highest BCUT2D eigenvalue weighted by molar-refractivity contribution is 6.30. The molecule has 0 aliphatic carbocycles. The van der Waals surface area contributed by atoms with Crippen LogP contribution in [-0.4, -0.2) is 55.9 Å². The predicted molar refractivity (Wildman–Crippen MR) is 146 cm³/mol. The number of piperazine rings is 1. The van der Waals surface area contributed by atoms with E-state index in [1.165, 1.54) is 0 Å². The fourth-order valence-corrected chi connectivity index (χ4v) is 5.82. The van der Waals surface area contributed by atoms with Gasteiger partial charge in [0.2, 0.25) is 0 Å². The molecule has 3 aromatic carbocycles. The van der Waals surface area contributed by atoms with Crippen molar-refractivity contribution in [2.45, 2.75) is 25.1 Å². The van der Waals surface area contributed by atoms with E-state index in [1.54, 1.807) is 24.1 Å². The molecule has 3 aromatic rings. The van der Waals surface area contributed by atoms with Crippen molar-refractivity contribution in [3.05, 3.63) is 82.9 Å². The van der Waals surface area contributed by atoms with E-state index in [0.29, 0.717) is 47.3 Å². The zero-order valence-corrected chi connectivity index (χ0v) is 22.1. The summed E-state index contributed by atoms with van der Waals surface area (Å²) in [7, 11) is 1.60. The first kappa shape index (κ1) is 24.4. The van der Waals surface area contributed by atoms with Gasteiger partial charge in [-0.05, 0) is 55.5 Å². The van der Waals surface area contributed by atoms with Crippen molar-refractivity contribution in [2.24, 2.45) is 0 Å². The lowest BCUT2D eigenvalue weighted by Crippen LogP contribution is -2.65. The molecular formula is C29H29ClN4O4. The van der Waals surface area contributed by atoms with Gasteiger partial charge >= 0.3 is 6.03 Å². The Morgan fingerprint density at radius 2 is 1.76 bits per heavy atom. The fraction of sp³-hybridized carbons (Fsp3) is 0.310. The number of ether oxygens (including phenoxy) is 2. The van der Waals surface area contributed by atoms with Crippen LogP contribution in [0.25, 0.3) is 0 Å². The molecule has 1 N–H and O–H groups in total. The lowest BCUT2D eigenvalue weighted by molar-refractivity contribution is 0.0349. The number of anilines is 2. The normalized spacial score (nSPS) is 22.3. The second kappa shape index (κ2) is 9.44. The molecule has 3 aliphatic rings. The molecule has 3 heterocycles. The Morgan fingerprint density at radius 1 is 1.03 bits per heavy atom. The van der Waals surface area contributed by atoms with Crippen LogP contribution in [0.3, 0.4) is 0 Å². The van der Waals surface area contributed by atoms with Gasteiger partial charge in [0.05, 0.1) is 18.8 Å². The number of methoxy groups -OCH3 is 1. The molecule has 2 saturated heterocycles. The number of nitrogens with one attached hydrogen (secondary N) is 1. The van der Waals surface area contributed by atoms with Gasteiger partial charge in [-0.3, -0.25) is 9.69 Å². The summed E-state index contributed by atoms with van der Waals surface area (Å²) in [5.41, 5.74) is 2.19. The summed E-state index contributed by atoms with van der Waals surface area (Å²) in [6, 6.07) is 20.2. The third kappa shape index (κ3) is 4.19. The number of nitrogens with zero attached hydrogens (tertiary/aromatic N) is 3. The van der Waals surface area contributed by atoms with Crippen LogP contribution in [0.5, 0.6) is 11.5 Å². The Morgan fingerprint density at radius 3 is 2.50 bits per heavy atom. The van der Waals surface area contributed by atoms with E-state index in [1.807, 2.05) is 66.4 Å². The lowest BCUT2D eigenvalue weighted by Gasteiger charge is -2.50. The highest BCUT2D eigenvalue weighted by atomic mass is 35.5. The number of carbonyl (C=O) groups is 2. The van der Waals surface area contributed by atoms with E-state index in [4.69, 9.17) is 21.1 Å². The molecule has 8 nitrogen and oxygen atoms in total. The molecule has 6 rings (SSSR count). The molecule has 0 unspecified atom stereocenters. The second-order valence-corrected chi connectivity index (χ2v) is 10.4. The Bertz CT molecular complexity index is 1390. The Hall–Kier alpha value is -3.91. The van der Waals surface area contributed by atoms with E-state index in [-0.39, 0.29) is 18.0 Å².